The van der Waals surface area contributed by atoms with Crippen molar-refractivity contribution >= 4 is 33.2 Å². The van der Waals surface area contributed by atoms with Gasteiger partial charge in [0.1, 0.15) is 5.01 Å². The van der Waals surface area contributed by atoms with Gasteiger partial charge in [0.05, 0.1) is 16.3 Å². The normalized spacial score (nSPS) is 15.3. The van der Waals surface area contributed by atoms with Crippen LogP contribution in [0.15, 0.2) is 18.2 Å². The Labute approximate surface area is 134 Å². The van der Waals surface area contributed by atoms with Crippen LogP contribution in [0.5, 0.6) is 0 Å². The van der Waals surface area contributed by atoms with Gasteiger partial charge in [0, 0.05) is 10.4 Å². The number of fused-ring (bicyclic) bond motifs is 1. The Bertz CT molecular complexity index is 611. The minimum absolute atomic E-state index is 0.130. The second kappa shape index (κ2) is 6.61. The first-order valence-electron chi connectivity index (χ1n) is 7.24. The summed E-state index contributed by atoms with van der Waals surface area (Å²) in [5.41, 5.74) is 0.680. The molecule has 116 valence electrons. The van der Waals surface area contributed by atoms with E-state index in [1.165, 1.54) is 0 Å². The van der Waals surface area contributed by atoms with Gasteiger partial charge in [-0.1, -0.05) is 38.8 Å². The van der Waals surface area contributed by atoms with Crippen LogP contribution in [0.4, 0.5) is 0 Å². The number of hydrogen-bond donors (Lipinski definition) is 1. The average Bonchev–Trinajstić information content (AvgIpc) is 2.82. The fourth-order valence-corrected chi connectivity index (χ4v) is 3.49. The number of aromatic nitrogens is 1. The van der Waals surface area contributed by atoms with Crippen LogP contribution in [0.25, 0.3) is 10.2 Å². The predicted molar refractivity (Wildman–Crippen MR) is 89.1 cm³/mol. The maximum Gasteiger partial charge on any atom is 0.154 e. The van der Waals surface area contributed by atoms with Crippen LogP contribution >= 0.6 is 22.9 Å². The number of thiazole rings is 1. The molecule has 0 saturated carbocycles. The summed E-state index contributed by atoms with van der Waals surface area (Å²) in [5, 5.41) is 11.6. The molecule has 0 saturated heterocycles. The number of aliphatic hydroxyl groups excluding tert-OH is 1. The van der Waals surface area contributed by atoms with E-state index in [1.807, 2.05) is 32.0 Å². The lowest BCUT2D eigenvalue weighted by Crippen LogP contribution is -2.36. The lowest BCUT2D eigenvalue weighted by molar-refractivity contribution is -0.150. The molecule has 0 spiro atoms. The SMILES string of the molecule is CCCC(O)OC(C)C(C)(C)c1nc2ccc(Cl)cc2s1. The zero-order valence-electron chi connectivity index (χ0n) is 12.9. The van der Waals surface area contributed by atoms with Gasteiger partial charge in [-0.3, -0.25) is 0 Å². The van der Waals surface area contributed by atoms with Gasteiger partial charge in [0.2, 0.25) is 0 Å². The van der Waals surface area contributed by atoms with Crippen molar-refractivity contribution in [1.82, 2.24) is 4.98 Å². The number of hydrogen-bond acceptors (Lipinski definition) is 4. The molecule has 2 atom stereocenters. The molecule has 1 aromatic carbocycles. The first kappa shape index (κ1) is 16.7. The third-order valence-electron chi connectivity index (χ3n) is 3.81. The van der Waals surface area contributed by atoms with Crippen LogP contribution in [0.2, 0.25) is 5.02 Å². The molecule has 0 aliphatic carbocycles. The van der Waals surface area contributed by atoms with E-state index in [0.29, 0.717) is 6.42 Å². The molecule has 1 heterocycles. The van der Waals surface area contributed by atoms with Crippen LogP contribution in [0.3, 0.4) is 0 Å². The number of aliphatic hydroxyl groups is 1. The highest BCUT2D eigenvalue weighted by Crippen LogP contribution is 2.36. The van der Waals surface area contributed by atoms with Gasteiger partial charge in [-0.25, -0.2) is 4.98 Å². The first-order chi connectivity index (χ1) is 9.84. The van der Waals surface area contributed by atoms with Gasteiger partial charge in [-0.2, -0.15) is 0 Å². The van der Waals surface area contributed by atoms with E-state index in [4.69, 9.17) is 21.3 Å². The fourth-order valence-electron chi connectivity index (χ4n) is 2.07. The van der Waals surface area contributed by atoms with Crippen LogP contribution < -0.4 is 0 Å². The first-order valence-corrected chi connectivity index (χ1v) is 8.44. The van der Waals surface area contributed by atoms with Crippen LogP contribution in [-0.4, -0.2) is 22.5 Å². The van der Waals surface area contributed by atoms with Crippen molar-refractivity contribution in [3.05, 3.63) is 28.2 Å². The second-order valence-corrected chi connectivity index (χ2v) is 7.34. The van der Waals surface area contributed by atoms with Crippen molar-refractivity contribution in [2.75, 3.05) is 0 Å². The number of rotatable bonds is 6. The number of ether oxygens (including phenoxy) is 1. The largest absolute Gasteiger partial charge is 0.368 e. The van der Waals surface area contributed by atoms with Crippen LogP contribution in [0, 0.1) is 0 Å². The van der Waals surface area contributed by atoms with Gasteiger partial charge < -0.3 is 9.84 Å². The predicted octanol–water partition coefficient (Wildman–Crippen LogP) is 4.75. The minimum Gasteiger partial charge on any atom is -0.368 e. The van der Waals surface area contributed by atoms with Crippen molar-refractivity contribution in [2.24, 2.45) is 0 Å². The smallest absolute Gasteiger partial charge is 0.154 e. The fraction of sp³-hybridized carbons (Fsp3) is 0.562. The lowest BCUT2D eigenvalue weighted by atomic mass is 9.88. The average molecular weight is 328 g/mol. The molecule has 0 amide bonds. The molecule has 2 aromatic rings. The monoisotopic (exact) mass is 327 g/mol. The summed E-state index contributed by atoms with van der Waals surface area (Å²) in [7, 11) is 0. The third kappa shape index (κ3) is 3.75. The summed E-state index contributed by atoms with van der Waals surface area (Å²) < 4.78 is 6.80. The second-order valence-electron chi connectivity index (χ2n) is 5.87. The Kier molecular flexibility index (Phi) is 5.25. The number of benzene rings is 1. The summed E-state index contributed by atoms with van der Waals surface area (Å²) in [6, 6.07) is 5.72. The summed E-state index contributed by atoms with van der Waals surface area (Å²) >= 11 is 7.66. The molecule has 5 heteroatoms. The van der Waals surface area contributed by atoms with E-state index in [-0.39, 0.29) is 11.5 Å². The third-order valence-corrected chi connectivity index (χ3v) is 5.41. The van der Waals surface area contributed by atoms with E-state index in [2.05, 4.69) is 13.8 Å². The van der Waals surface area contributed by atoms with E-state index in [9.17, 15) is 5.11 Å². The molecule has 0 aliphatic heterocycles. The Hall–Kier alpha value is -0.680. The molecule has 21 heavy (non-hydrogen) atoms. The van der Waals surface area contributed by atoms with Crippen LogP contribution in [0.1, 0.15) is 45.5 Å². The Morgan fingerprint density at radius 2 is 2.14 bits per heavy atom. The van der Waals surface area contributed by atoms with Crippen LogP contribution in [-0.2, 0) is 10.2 Å². The zero-order chi connectivity index (χ0) is 15.6. The highest BCUT2D eigenvalue weighted by molar-refractivity contribution is 7.18. The van der Waals surface area contributed by atoms with E-state index >= 15 is 0 Å². The molecule has 3 nitrogen and oxygen atoms in total. The molecule has 2 unspecified atom stereocenters. The van der Waals surface area contributed by atoms with Crippen molar-refractivity contribution in [2.45, 2.75) is 58.3 Å². The molecular weight excluding hydrogens is 306 g/mol. The molecule has 0 radical (unpaired) electrons. The van der Waals surface area contributed by atoms with Gasteiger partial charge in [0.15, 0.2) is 6.29 Å². The summed E-state index contributed by atoms with van der Waals surface area (Å²) in [6.07, 6.45) is 0.701. The maximum atomic E-state index is 9.85. The quantitative estimate of drug-likeness (QED) is 0.778. The maximum absolute atomic E-state index is 9.85. The summed E-state index contributed by atoms with van der Waals surface area (Å²) in [6.45, 7) is 8.20. The van der Waals surface area contributed by atoms with Crippen molar-refractivity contribution in [1.29, 1.82) is 0 Å². The molecular formula is C16H22ClNO2S. The standard InChI is InChI=1S/C16H22ClNO2S/c1-5-6-14(19)20-10(2)16(3,4)15-18-12-8-7-11(17)9-13(12)21-15/h7-10,14,19H,5-6H2,1-4H3. The topological polar surface area (TPSA) is 42.4 Å². The Morgan fingerprint density at radius 1 is 1.43 bits per heavy atom. The van der Waals surface area contributed by atoms with Gasteiger partial charge >= 0.3 is 0 Å². The van der Waals surface area contributed by atoms with E-state index in [0.717, 1.165) is 26.7 Å². The molecule has 0 fully saturated rings. The summed E-state index contributed by atoms with van der Waals surface area (Å²) in [5.74, 6) is 0. The molecule has 1 N–H and O–H groups in total. The molecule has 2 rings (SSSR count). The lowest BCUT2D eigenvalue weighted by Gasteiger charge is -2.31. The molecule has 1 aromatic heterocycles. The minimum atomic E-state index is -0.715. The zero-order valence-corrected chi connectivity index (χ0v) is 14.5. The van der Waals surface area contributed by atoms with Gasteiger partial charge in [-0.15, -0.1) is 11.3 Å². The van der Waals surface area contributed by atoms with Crippen molar-refractivity contribution < 1.29 is 9.84 Å². The Balaban J connectivity index is 2.23. The number of nitrogens with zero attached hydrogens (tertiary/aromatic N) is 1. The highest BCUT2D eigenvalue weighted by atomic mass is 35.5. The summed E-state index contributed by atoms with van der Waals surface area (Å²) in [4.78, 5) is 4.70. The Morgan fingerprint density at radius 3 is 2.81 bits per heavy atom. The van der Waals surface area contributed by atoms with Crippen molar-refractivity contribution in [3.8, 4) is 0 Å². The van der Waals surface area contributed by atoms with E-state index < -0.39 is 6.29 Å². The van der Waals surface area contributed by atoms with Gasteiger partial charge in [0.25, 0.3) is 0 Å². The highest BCUT2D eigenvalue weighted by Gasteiger charge is 2.33. The van der Waals surface area contributed by atoms with E-state index in [1.54, 1.807) is 11.3 Å². The van der Waals surface area contributed by atoms with Crippen molar-refractivity contribution in [3.63, 3.8) is 0 Å². The molecule has 0 aliphatic rings. The van der Waals surface area contributed by atoms with Gasteiger partial charge in [-0.05, 0) is 31.5 Å². The molecule has 0 bridgehead atoms. The number of halogens is 1.